The van der Waals surface area contributed by atoms with Crippen LogP contribution in [0.25, 0.3) is 0 Å². The van der Waals surface area contributed by atoms with E-state index in [1.807, 2.05) is 18.2 Å². The molecule has 0 aliphatic heterocycles. The Morgan fingerprint density at radius 3 is 2.65 bits per heavy atom. The average molecular weight is 359 g/mol. The van der Waals surface area contributed by atoms with Crippen LogP contribution in [0.3, 0.4) is 0 Å². The molecule has 0 aromatic heterocycles. The van der Waals surface area contributed by atoms with Gasteiger partial charge < -0.3 is 10.4 Å². The van der Waals surface area contributed by atoms with Crippen LogP contribution in [0.1, 0.15) is 70.8 Å². The molecule has 1 fully saturated rings. The summed E-state index contributed by atoms with van der Waals surface area (Å²) in [6.07, 6.45) is 11.3. The summed E-state index contributed by atoms with van der Waals surface area (Å²) >= 11 is 0. The van der Waals surface area contributed by atoms with E-state index in [2.05, 4.69) is 43.8 Å². The fourth-order valence-corrected chi connectivity index (χ4v) is 4.44. The highest BCUT2D eigenvalue weighted by molar-refractivity contribution is 5.33. The van der Waals surface area contributed by atoms with Gasteiger partial charge in [0.2, 0.25) is 0 Å². The van der Waals surface area contributed by atoms with Crippen molar-refractivity contribution in [3.63, 3.8) is 0 Å². The number of hydrogen-bond donors (Lipinski definition) is 2. The Kier molecular flexibility index (Phi) is 8.17. The summed E-state index contributed by atoms with van der Waals surface area (Å²) in [5, 5.41) is 13.9. The van der Waals surface area contributed by atoms with Crippen molar-refractivity contribution in [1.29, 1.82) is 0 Å². The predicted molar refractivity (Wildman–Crippen MR) is 112 cm³/mol. The molecule has 0 amide bonds. The minimum absolute atomic E-state index is 0.0479. The molecule has 1 unspecified atom stereocenters. The van der Waals surface area contributed by atoms with Crippen molar-refractivity contribution in [2.24, 2.45) is 0 Å². The molecule has 0 spiro atoms. The third-order valence-electron chi connectivity index (χ3n) is 6.19. The summed E-state index contributed by atoms with van der Waals surface area (Å²) in [5.41, 5.74) is 1.32. The van der Waals surface area contributed by atoms with Crippen molar-refractivity contribution in [2.45, 2.75) is 82.8 Å². The molecule has 1 aromatic carbocycles. The maximum absolute atomic E-state index is 10.0. The predicted octanol–water partition coefficient (Wildman–Crippen LogP) is 5.21. The Morgan fingerprint density at radius 2 is 2.08 bits per heavy atom. The highest BCUT2D eigenvalue weighted by atomic mass is 16.3. The van der Waals surface area contributed by atoms with E-state index in [0.717, 1.165) is 32.2 Å². The van der Waals surface area contributed by atoms with Crippen molar-refractivity contribution >= 4 is 0 Å². The molecule has 1 aromatic rings. The van der Waals surface area contributed by atoms with Crippen molar-refractivity contribution in [3.8, 4) is 5.75 Å². The van der Waals surface area contributed by atoms with Crippen LogP contribution in [-0.4, -0.2) is 35.7 Å². The van der Waals surface area contributed by atoms with Gasteiger partial charge in [0.05, 0.1) is 0 Å². The van der Waals surface area contributed by atoms with Gasteiger partial charge in [-0.1, -0.05) is 38.5 Å². The monoisotopic (exact) mass is 358 g/mol. The van der Waals surface area contributed by atoms with Crippen molar-refractivity contribution in [3.05, 3.63) is 42.5 Å². The lowest BCUT2D eigenvalue weighted by molar-refractivity contribution is 0.0587. The zero-order chi connectivity index (χ0) is 19.0. The minimum Gasteiger partial charge on any atom is -0.508 e. The second kappa shape index (κ2) is 10.1. The molecule has 0 bridgehead atoms. The van der Waals surface area contributed by atoms with E-state index >= 15 is 0 Å². The molecular formula is C23H38N2O. The van der Waals surface area contributed by atoms with Crippen LogP contribution in [0.15, 0.2) is 36.9 Å². The van der Waals surface area contributed by atoms with Crippen LogP contribution in [0.2, 0.25) is 0 Å². The number of rotatable bonds is 10. The summed E-state index contributed by atoms with van der Waals surface area (Å²) in [7, 11) is 2.26. The number of hydrogen-bond acceptors (Lipinski definition) is 3. The van der Waals surface area contributed by atoms with Gasteiger partial charge in [0, 0.05) is 17.6 Å². The molecule has 1 saturated carbocycles. The smallest absolute Gasteiger partial charge is 0.115 e. The van der Waals surface area contributed by atoms with E-state index < -0.39 is 0 Å². The Morgan fingerprint density at radius 1 is 1.35 bits per heavy atom. The Balaban J connectivity index is 2.13. The number of phenols is 1. The second-order valence-corrected chi connectivity index (χ2v) is 7.93. The number of benzene rings is 1. The first kappa shape index (κ1) is 21.0. The van der Waals surface area contributed by atoms with Gasteiger partial charge in [0.1, 0.15) is 5.75 Å². The molecule has 3 heteroatoms. The average Bonchev–Trinajstić information content (AvgIpc) is 2.66. The Hall–Kier alpha value is -1.32. The maximum atomic E-state index is 10.0. The topological polar surface area (TPSA) is 35.5 Å². The van der Waals surface area contributed by atoms with Crippen LogP contribution in [-0.2, 0) is 5.54 Å². The molecule has 26 heavy (non-hydrogen) atoms. The molecule has 2 N–H and O–H groups in total. The van der Waals surface area contributed by atoms with Crippen molar-refractivity contribution in [1.82, 2.24) is 10.2 Å². The Labute approximate surface area is 160 Å². The number of unbranched alkanes of at least 4 members (excludes halogenated alkanes) is 1. The maximum Gasteiger partial charge on any atom is 0.115 e. The summed E-state index contributed by atoms with van der Waals surface area (Å²) in [5.74, 6) is 0.378. The lowest BCUT2D eigenvalue weighted by Gasteiger charge is -2.48. The van der Waals surface area contributed by atoms with Gasteiger partial charge in [0.25, 0.3) is 0 Å². The fraction of sp³-hybridized carbons (Fsp3) is 0.652. The number of phenolic OH excluding ortho intramolecular Hbond substituents is 1. The van der Waals surface area contributed by atoms with Gasteiger partial charge in [-0.05, 0) is 76.2 Å². The van der Waals surface area contributed by atoms with E-state index in [4.69, 9.17) is 0 Å². The molecular weight excluding hydrogens is 320 g/mol. The van der Waals surface area contributed by atoms with Crippen LogP contribution in [0.5, 0.6) is 5.75 Å². The summed E-state index contributed by atoms with van der Waals surface area (Å²) < 4.78 is 0. The lowest BCUT2D eigenvalue weighted by Crippen LogP contribution is -2.50. The van der Waals surface area contributed by atoms with Gasteiger partial charge >= 0.3 is 0 Å². The lowest BCUT2D eigenvalue weighted by atomic mass is 9.73. The first-order valence-corrected chi connectivity index (χ1v) is 10.4. The highest BCUT2D eigenvalue weighted by Crippen LogP contribution is 2.42. The van der Waals surface area contributed by atoms with E-state index in [9.17, 15) is 5.11 Å². The molecule has 1 atom stereocenters. The molecule has 0 radical (unpaired) electrons. The van der Waals surface area contributed by atoms with Gasteiger partial charge in [-0.2, -0.15) is 0 Å². The van der Waals surface area contributed by atoms with Crippen molar-refractivity contribution < 1.29 is 5.11 Å². The molecule has 2 rings (SSSR count). The molecule has 146 valence electrons. The first-order valence-electron chi connectivity index (χ1n) is 10.4. The Bertz CT molecular complexity index is 549. The first-order chi connectivity index (χ1) is 12.6. The summed E-state index contributed by atoms with van der Waals surface area (Å²) in [6.45, 7) is 9.50. The number of nitrogens with zero attached hydrogens (tertiary/aromatic N) is 1. The largest absolute Gasteiger partial charge is 0.508 e. The second-order valence-electron chi connectivity index (χ2n) is 7.93. The van der Waals surface area contributed by atoms with E-state index in [0.29, 0.717) is 17.8 Å². The molecule has 3 nitrogen and oxygen atoms in total. The third kappa shape index (κ3) is 5.11. The van der Waals surface area contributed by atoms with Gasteiger partial charge in [-0.15, -0.1) is 6.58 Å². The summed E-state index contributed by atoms with van der Waals surface area (Å²) in [4.78, 5) is 2.54. The highest BCUT2D eigenvalue weighted by Gasteiger charge is 2.40. The summed E-state index contributed by atoms with van der Waals surface area (Å²) in [6, 6.07) is 9.07. The quantitative estimate of drug-likeness (QED) is 0.564. The van der Waals surface area contributed by atoms with Gasteiger partial charge in [-0.3, -0.25) is 4.90 Å². The van der Waals surface area contributed by atoms with Crippen LogP contribution >= 0.6 is 0 Å². The molecule has 0 saturated heterocycles. The van der Waals surface area contributed by atoms with E-state index in [1.54, 1.807) is 6.07 Å². The zero-order valence-corrected chi connectivity index (χ0v) is 17.0. The van der Waals surface area contributed by atoms with Crippen LogP contribution in [0.4, 0.5) is 0 Å². The zero-order valence-electron chi connectivity index (χ0n) is 17.0. The van der Waals surface area contributed by atoms with Crippen LogP contribution < -0.4 is 5.32 Å². The SMILES string of the molecule is C=CCC(CC)NC1CCC(c2cccc(O)c2)(N(C)CCCC)CC1. The molecule has 1 aliphatic carbocycles. The van der Waals surface area contributed by atoms with Crippen LogP contribution in [0, 0.1) is 0 Å². The number of nitrogens with one attached hydrogen (secondary N) is 1. The minimum atomic E-state index is 0.0479. The molecule has 0 heterocycles. The standard InChI is InChI=1S/C23H38N2O/c1-5-8-17-25(4)23(19-11-9-12-22(26)18-19)15-13-21(14-16-23)24-20(7-3)10-6-2/h6,9,11-12,18,20-21,24,26H,2,5,7-8,10,13-17H2,1,3-4H3. The fourth-order valence-electron chi connectivity index (χ4n) is 4.44. The van der Waals surface area contributed by atoms with E-state index in [-0.39, 0.29) is 5.54 Å². The van der Waals surface area contributed by atoms with E-state index in [1.165, 1.54) is 31.2 Å². The molecule has 1 aliphatic rings. The van der Waals surface area contributed by atoms with Gasteiger partial charge in [0.15, 0.2) is 0 Å². The normalized spacial score (nSPS) is 24.5. The van der Waals surface area contributed by atoms with Gasteiger partial charge in [-0.25, -0.2) is 0 Å². The third-order valence-corrected chi connectivity index (χ3v) is 6.19. The number of aromatic hydroxyl groups is 1. The van der Waals surface area contributed by atoms with Crippen molar-refractivity contribution in [2.75, 3.05) is 13.6 Å².